The number of fused-ring (bicyclic) bond motifs is 1. The smallest absolute Gasteiger partial charge is 0.300 e. The van der Waals surface area contributed by atoms with E-state index in [0.29, 0.717) is 35.7 Å². The first-order chi connectivity index (χ1) is 16.7. The van der Waals surface area contributed by atoms with E-state index in [9.17, 15) is 19.1 Å². The van der Waals surface area contributed by atoms with E-state index < -0.39 is 23.5 Å². The molecular weight excluding hydrogens is 447 g/mol. The summed E-state index contributed by atoms with van der Waals surface area (Å²) in [7, 11) is 1.92. The number of hydrogen-bond donors (Lipinski definition) is 1. The molecule has 2 heterocycles. The van der Waals surface area contributed by atoms with Crippen LogP contribution in [-0.2, 0) is 9.59 Å². The van der Waals surface area contributed by atoms with Crippen LogP contribution in [-0.4, -0.2) is 37.0 Å². The van der Waals surface area contributed by atoms with Gasteiger partial charge in [-0.2, -0.15) is 0 Å². The zero-order valence-corrected chi connectivity index (χ0v) is 19.7. The Morgan fingerprint density at radius 1 is 1.00 bits per heavy atom. The summed E-state index contributed by atoms with van der Waals surface area (Å²) in [5, 5.41) is 11.4. The highest BCUT2D eigenvalue weighted by Gasteiger charge is 2.47. The number of aliphatic hydroxyl groups is 1. The van der Waals surface area contributed by atoms with Crippen LogP contribution >= 0.6 is 0 Å². The lowest BCUT2D eigenvalue weighted by molar-refractivity contribution is -0.132. The monoisotopic (exact) mass is 472 g/mol. The Labute approximate surface area is 202 Å². The lowest BCUT2D eigenvalue weighted by Crippen LogP contribution is -2.29. The van der Waals surface area contributed by atoms with Gasteiger partial charge in [-0.3, -0.25) is 14.5 Å². The number of carbonyl (C=O) groups excluding carboxylic acids is 2. The van der Waals surface area contributed by atoms with Crippen LogP contribution in [0.25, 0.3) is 5.76 Å². The predicted octanol–water partition coefficient (Wildman–Crippen LogP) is 4.90. The van der Waals surface area contributed by atoms with Gasteiger partial charge in [0.1, 0.15) is 23.9 Å². The van der Waals surface area contributed by atoms with E-state index in [1.807, 2.05) is 44.0 Å². The van der Waals surface area contributed by atoms with E-state index in [1.165, 1.54) is 29.2 Å². The summed E-state index contributed by atoms with van der Waals surface area (Å²) in [5.41, 5.74) is 4.05. The summed E-state index contributed by atoms with van der Waals surface area (Å²) >= 11 is 0. The summed E-state index contributed by atoms with van der Waals surface area (Å²) in [6, 6.07) is 15.5. The van der Waals surface area contributed by atoms with Crippen LogP contribution in [0.2, 0.25) is 0 Å². The maximum atomic E-state index is 13.7. The normalized spacial score (nSPS) is 19.0. The number of rotatable bonds is 3. The molecule has 1 amide bonds. The molecule has 7 heteroatoms. The molecule has 0 saturated carbocycles. The quantitative estimate of drug-likeness (QED) is 0.334. The van der Waals surface area contributed by atoms with Crippen molar-refractivity contribution >= 4 is 28.8 Å². The Kier molecular flexibility index (Phi) is 5.55. The molecule has 5 rings (SSSR count). The molecule has 1 atom stereocenters. The summed E-state index contributed by atoms with van der Waals surface area (Å²) in [6.07, 6.45) is 0. The molecule has 178 valence electrons. The number of aryl methyl sites for hydroxylation is 2. The van der Waals surface area contributed by atoms with Crippen LogP contribution in [0.1, 0.15) is 28.3 Å². The number of amides is 1. The topological polar surface area (TPSA) is 70.1 Å². The van der Waals surface area contributed by atoms with Crippen molar-refractivity contribution in [3.05, 3.63) is 94.3 Å². The third-order valence-corrected chi connectivity index (χ3v) is 6.44. The van der Waals surface area contributed by atoms with Crippen LogP contribution in [0.5, 0.6) is 5.75 Å². The maximum Gasteiger partial charge on any atom is 0.300 e. The third kappa shape index (κ3) is 3.93. The predicted molar refractivity (Wildman–Crippen MR) is 132 cm³/mol. The van der Waals surface area contributed by atoms with Gasteiger partial charge >= 0.3 is 0 Å². The summed E-state index contributed by atoms with van der Waals surface area (Å²) in [5.74, 6) is -1.58. The molecule has 6 nitrogen and oxygen atoms in total. The molecule has 1 saturated heterocycles. The molecule has 1 fully saturated rings. The van der Waals surface area contributed by atoms with E-state index in [2.05, 4.69) is 0 Å². The highest BCUT2D eigenvalue weighted by atomic mass is 19.1. The van der Waals surface area contributed by atoms with E-state index in [0.717, 1.165) is 16.8 Å². The number of carbonyl (C=O) groups is 2. The summed E-state index contributed by atoms with van der Waals surface area (Å²) in [4.78, 5) is 30.1. The standard InChI is InChI=1S/C28H25FN2O4/c1-16-12-17(2)14-21(13-16)31-25(18-4-7-20(29)8-5-18)24(27(33)28(31)34)26(32)19-6-9-23-22(15-19)30(3)10-11-35-23/h4-9,12-15,25,32H,10-11H2,1-3H3/b26-24-. The Morgan fingerprint density at radius 2 is 1.69 bits per heavy atom. The largest absolute Gasteiger partial charge is 0.507 e. The van der Waals surface area contributed by atoms with Gasteiger partial charge in [-0.1, -0.05) is 18.2 Å². The van der Waals surface area contributed by atoms with Crippen molar-refractivity contribution in [3.8, 4) is 5.75 Å². The van der Waals surface area contributed by atoms with Gasteiger partial charge < -0.3 is 14.7 Å². The molecule has 2 aliphatic rings. The number of halogens is 1. The van der Waals surface area contributed by atoms with Gasteiger partial charge in [0.2, 0.25) is 0 Å². The minimum absolute atomic E-state index is 0.0416. The van der Waals surface area contributed by atoms with Crippen molar-refractivity contribution in [2.24, 2.45) is 0 Å². The highest BCUT2D eigenvalue weighted by Crippen LogP contribution is 2.43. The second-order valence-electron chi connectivity index (χ2n) is 9.02. The van der Waals surface area contributed by atoms with E-state index in [-0.39, 0.29) is 11.3 Å². The molecule has 1 unspecified atom stereocenters. The minimum atomic E-state index is -0.915. The summed E-state index contributed by atoms with van der Waals surface area (Å²) in [6.45, 7) is 5.06. The molecule has 3 aromatic carbocycles. The molecule has 0 radical (unpaired) electrons. The maximum absolute atomic E-state index is 13.7. The number of nitrogens with zero attached hydrogens (tertiary/aromatic N) is 2. The van der Waals surface area contributed by atoms with Crippen molar-refractivity contribution in [2.45, 2.75) is 19.9 Å². The lowest BCUT2D eigenvalue weighted by Gasteiger charge is -2.28. The molecule has 0 spiro atoms. The number of benzene rings is 3. The molecule has 0 aromatic heterocycles. The highest BCUT2D eigenvalue weighted by molar-refractivity contribution is 6.51. The first kappa shape index (κ1) is 22.7. The van der Waals surface area contributed by atoms with Gasteiger partial charge in [0.05, 0.1) is 23.8 Å². The number of ketones is 1. The van der Waals surface area contributed by atoms with Crippen LogP contribution in [0.15, 0.2) is 66.2 Å². The average molecular weight is 473 g/mol. The van der Waals surface area contributed by atoms with E-state index in [4.69, 9.17) is 4.74 Å². The first-order valence-electron chi connectivity index (χ1n) is 11.4. The molecule has 35 heavy (non-hydrogen) atoms. The van der Waals surface area contributed by atoms with Gasteiger partial charge in [0, 0.05) is 18.3 Å². The Balaban J connectivity index is 1.71. The molecule has 0 aliphatic carbocycles. The van der Waals surface area contributed by atoms with Gasteiger partial charge in [0.15, 0.2) is 0 Å². The molecule has 2 aliphatic heterocycles. The van der Waals surface area contributed by atoms with Crippen molar-refractivity contribution in [3.63, 3.8) is 0 Å². The zero-order valence-electron chi connectivity index (χ0n) is 19.7. The number of ether oxygens (including phenoxy) is 1. The Morgan fingerprint density at radius 3 is 2.37 bits per heavy atom. The van der Waals surface area contributed by atoms with Crippen molar-refractivity contribution in [1.82, 2.24) is 0 Å². The first-order valence-corrected chi connectivity index (χ1v) is 11.4. The zero-order chi connectivity index (χ0) is 24.9. The van der Waals surface area contributed by atoms with Crippen LogP contribution < -0.4 is 14.5 Å². The van der Waals surface area contributed by atoms with Gasteiger partial charge in [-0.25, -0.2) is 4.39 Å². The van der Waals surface area contributed by atoms with Crippen LogP contribution in [0.3, 0.4) is 0 Å². The molecule has 0 bridgehead atoms. The SMILES string of the molecule is Cc1cc(C)cc(N2C(=O)C(=O)/C(=C(\O)c3ccc4c(c3)N(C)CCO4)C2c2ccc(F)cc2)c1. The van der Waals surface area contributed by atoms with Crippen molar-refractivity contribution < 1.29 is 23.8 Å². The Hall–Kier alpha value is -4.13. The fraction of sp³-hybridized carbons (Fsp3) is 0.214. The molecular formula is C28H25FN2O4. The van der Waals surface area contributed by atoms with Crippen molar-refractivity contribution in [2.75, 3.05) is 30.0 Å². The molecule has 3 aromatic rings. The summed E-state index contributed by atoms with van der Waals surface area (Å²) < 4.78 is 19.4. The van der Waals surface area contributed by atoms with E-state index >= 15 is 0 Å². The number of likely N-dealkylation sites (N-methyl/N-ethyl adjacent to an activating group) is 1. The number of anilines is 2. The lowest BCUT2D eigenvalue weighted by atomic mass is 9.94. The van der Waals surface area contributed by atoms with Crippen LogP contribution in [0.4, 0.5) is 15.8 Å². The number of Topliss-reactive ketones (excluding diaryl/α,β-unsaturated/α-hetero) is 1. The van der Waals surface area contributed by atoms with Crippen molar-refractivity contribution in [1.29, 1.82) is 0 Å². The Bertz CT molecular complexity index is 1360. The molecule has 1 N–H and O–H groups in total. The van der Waals surface area contributed by atoms with Crippen LogP contribution in [0, 0.1) is 19.7 Å². The minimum Gasteiger partial charge on any atom is -0.507 e. The second kappa shape index (κ2) is 8.58. The van der Waals surface area contributed by atoms with Gasteiger partial charge in [-0.05, 0) is 73.0 Å². The number of aliphatic hydroxyl groups excluding tert-OH is 1. The van der Waals surface area contributed by atoms with Gasteiger partial charge in [-0.15, -0.1) is 0 Å². The second-order valence-corrected chi connectivity index (χ2v) is 9.02. The van der Waals surface area contributed by atoms with E-state index in [1.54, 1.807) is 18.2 Å². The third-order valence-electron chi connectivity index (χ3n) is 6.44. The fourth-order valence-corrected chi connectivity index (χ4v) is 4.80. The number of hydrogen-bond acceptors (Lipinski definition) is 5. The van der Waals surface area contributed by atoms with Gasteiger partial charge in [0.25, 0.3) is 11.7 Å². The average Bonchev–Trinajstić information content (AvgIpc) is 3.09. The fourth-order valence-electron chi connectivity index (χ4n) is 4.80.